The van der Waals surface area contributed by atoms with Crippen molar-refractivity contribution in [1.29, 1.82) is 0 Å². The molecule has 0 aliphatic heterocycles. The quantitative estimate of drug-likeness (QED) is 0.712. The van der Waals surface area contributed by atoms with Crippen LogP contribution in [0.15, 0.2) is 36.8 Å². The number of aromatic amines is 1. The minimum Gasteiger partial charge on any atom is -0.348 e. The lowest BCUT2D eigenvalue weighted by Crippen LogP contribution is -2.31. The van der Waals surface area contributed by atoms with E-state index >= 15 is 0 Å². The van der Waals surface area contributed by atoms with Crippen LogP contribution in [-0.4, -0.2) is 9.97 Å². The van der Waals surface area contributed by atoms with Gasteiger partial charge in [-0.25, -0.2) is 4.98 Å². The Morgan fingerprint density at radius 1 is 1.17 bits per heavy atom. The number of hydrogen-bond acceptors (Lipinski definition) is 1. The first kappa shape index (κ1) is 19.5. The van der Waals surface area contributed by atoms with E-state index in [0.29, 0.717) is 0 Å². The van der Waals surface area contributed by atoms with Crippen molar-refractivity contribution in [3.05, 3.63) is 53.6 Å². The van der Waals surface area contributed by atoms with Crippen LogP contribution in [-0.2, 0) is 11.8 Å². The number of H-pyrrole nitrogens is 1. The Labute approximate surface area is 142 Å². The highest BCUT2D eigenvalue weighted by atomic mass is 14.9. The Balaban J connectivity index is 0.000000615. The maximum Gasteiger partial charge on any atom is 0.0921 e. The second-order valence-corrected chi connectivity index (χ2v) is 6.05. The molecule has 0 spiro atoms. The number of imidazole rings is 1. The van der Waals surface area contributed by atoms with E-state index in [-0.39, 0.29) is 5.41 Å². The predicted molar refractivity (Wildman–Crippen MR) is 101 cm³/mol. The highest BCUT2D eigenvalue weighted by Crippen LogP contribution is 2.45. The van der Waals surface area contributed by atoms with E-state index in [4.69, 9.17) is 0 Å². The molecule has 0 radical (unpaired) electrons. The Kier molecular flexibility index (Phi) is 8.08. The van der Waals surface area contributed by atoms with Crippen molar-refractivity contribution in [3.8, 4) is 0 Å². The van der Waals surface area contributed by atoms with E-state index in [9.17, 15) is 0 Å². The molecule has 3 rings (SSSR count). The zero-order chi connectivity index (χ0) is 17.3. The van der Waals surface area contributed by atoms with E-state index in [2.05, 4.69) is 48.1 Å². The molecule has 2 aromatic rings. The van der Waals surface area contributed by atoms with E-state index in [0.717, 1.165) is 12.3 Å². The van der Waals surface area contributed by atoms with Crippen LogP contribution in [0.25, 0.3) is 0 Å². The highest BCUT2D eigenvalue weighted by molar-refractivity contribution is 5.39. The topological polar surface area (TPSA) is 28.7 Å². The maximum atomic E-state index is 4.15. The van der Waals surface area contributed by atoms with Crippen molar-refractivity contribution < 1.29 is 0 Å². The van der Waals surface area contributed by atoms with Crippen LogP contribution in [0.3, 0.4) is 0 Å². The van der Waals surface area contributed by atoms with Crippen LogP contribution in [0, 0.1) is 0 Å². The Morgan fingerprint density at radius 2 is 1.87 bits per heavy atom. The minimum atomic E-state index is 0.245. The summed E-state index contributed by atoms with van der Waals surface area (Å²) in [7, 11) is 0. The van der Waals surface area contributed by atoms with Gasteiger partial charge in [-0.15, -0.1) is 0 Å². The Morgan fingerprint density at radius 3 is 2.48 bits per heavy atom. The number of nitrogens with one attached hydrogen (secondary N) is 1. The molecule has 2 nitrogen and oxygen atoms in total. The largest absolute Gasteiger partial charge is 0.348 e. The normalized spacial score (nSPS) is 22.1. The first-order valence-corrected chi connectivity index (χ1v) is 9.29. The van der Waals surface area contributed by atoms with Gasteiger partial charge in [-0.1, -0.05) is 65.8 Å². The van der Waals surface area contributed by atoms with Gasteiger partial charge in [0.15, 0.2) is 0 Å². The zero-order valence-corrected chi connectivity index (χ0v) is 15.8. The average molecular weight is 315 g/mol. The zero-order valence-electron chi connectivity index (χ0n) is 15.8. The van der Waals surface area contributed by atoms with Gasteiger partial charge >= 0.3 is 0 Å². The third-order valence-electron chi connectivity index (χ3n) is 4.72. The number of benzene rings is 1. The number of aromatic nitrogens is 2. The molecular weight excluding hydrogens is 280 g/mol. The molecule has 1 heterocycles. The first-order chi connectivity index (χ1) is 11.2. The fourth-order valence-corrected chi connectivity index (χ4v) is 3.59. The molecule has 2 unspecified atom stereocenters. The molecule has 0 bridgehead atoms. The van der Waals surface area contributed by atoms with Gasteiger partial charge in [-0.2, -0.15) is 0 Å². The summed E-state index contributed by atoms with van der Waals surface area (Å²) in [5, 5.41) is 0. The summed E-state index contributed by atoms with van der Waals surface area (Å²) in [4.78, 5) is 7.40. The molecule has 1 aliphatic rings. The highest BCUT2D eigenvalue weighted by Gasteiger charge is 2.35. The molecule has 1 aliphatic carbocycles. The van der Waals surface area contributed by atoms with Crippen LogP contribution in [0.4, 0.5) is 0 Å². The third kappa shape index (κ3) is 4.46. The van der Waals surface area contributed by atoms with E-state index in [1.54, 1.807) is 17.5 Å². The average Bonchev–Trinajstić information content (AvgIpc) is 3.12. The molecule has 0 amide bonds. The number of rotatable bonds is 3. The van der Waals surface area contributed by atoms with Crippen molar-refractivity contribution >= 4 is 0 Å². The van der Waals surface area contributed by atoms with Crippen molar-refractivity contribution in [2.24, 2.45) is 0 Å². The van der Waals surface area contributed by atoms with Gasteiger partial charge < -0.3 is 4.98 Å². The Bertz CT molecular complexity index is 545. The fraction of sp³-hybridized carbons (Fsp3) is 0.571. The molecule has 1 aromatic heterocycles. The summed E-state index contributed by atoms with van der Waals surface area (Å²) in [6.45, 7) is 12.7. The van der Waals surface area contributed by atoms with Crippen LogP contribution in [0.1, 0.15) is 83.5 Å². The van der Waals surface area contributed by atoms with Gasteiger partial charge in [0, 0.05) is 11.9 Å². The third-order valence-corrected chi connectivity index (χ3v) is 4.72. The van der Waals surface area contributed by atoms with Gasteiger partial charge in [0.2, 0.25) is 0 Å². The summed E-state index contributed by atoms with van der Waals surface area (Å²) >= 11 is 0. The molecule has 2 atom stereocenters. The molecule has 23 heavy (non-hydrogen) atoms. The molecular formula is C21H34N2. The molecule has 0 saturated heterocycles. The molecule has 1 aromatic carbocycles. The molecule has 2 heteroatoms. The standard InChI is InChI=1S/C17H22N2.2C2H6/c1-3-13-8-9-17(2,10-14-11-18-12-19-14)16-7-5-4-6-15(13)16;2*1-2/h4-7,11-13H,3,8-10H2,1-2H3,(H,18,19);2*1-2H3. The van der Waals surface area contributed by atoms with Crippen LogP contribution in [0.5, 0.6) is 0 Å². The smallest absolute Gasteiger partial charge is 0.0921 e. The van der Waals surface area contributed by atoms with Crippen LogP contribution >= 0.6 is 0 Å². The SMILES string of the molecule is CC.CC.CCC1CCC(C)(Cc2cnc[nH]2)c2ccccc21. The van der Waals surface area contributed by atoms with Gasteiger partial charge in [0.05, 0.1) is 6.33 Å². The second-order valence-electron chi connectivity index (χ2n) is 6.05. The van der Waals surface area contributed by atoms with Gasteiger partial charge in [0.1, 0.15) is 0 Å². The lowest BCUT2D eigenvalue weighted by molar-refractivity contribution is 0.354. The van der Waals surface area contributed by atoms with Crippen LogP contribution in [0.2, 0.25) is 0 Å². The van der Waals surface area contributed by atoms with Crippen molar-refractivity contribution in [2.75, 3.05) is 0 Å². The first-order valence-electron chi connectivity index (χ1n) is 9.29. The lowest BCUT2D eigenvalue weighted by Gasteiger charge is -2.39. The van der Waals surface area contributed by atoms with Gasteiger partial charge in [-0.3, -0.25) is 0 Å². The number of hydrogen-bond donors (Lipinski definition) is 1. The van der Waals surface area contributed by atoms with Crippen molar-refractivity contribution in [1.82, 2.24) is 9.97 Å². The predicted octanol–water partition coefficient (Wildman–Crippen LogP) is 6.25. The summed E-state index contributed by atoms with van der Waals surface area (Å²) in [5.74, 6) is 0.742. The van der Waals surface area contributed by atoms with E-state index < -0.39 is 0 Å². The number of fused-ring (bicyclic) bond motifs is 1. The van der Waals surface area contributed by atoms with Gasteiger partial charge in [0.25, 0.3) is 0 Å². The number of nitrogens with zero attached hydrogens (tertiary/aromatic N) is 1. The summed E-state index contributed by atoms with van der Waals surface area (Å²) in [6.07, 6.45) is 8.61. The fourth-order valence-electron chi connectivity index (χ4n) is 3.59. The summed E-state index contributed by atoms with van der Waals surface area (Å²) in [6, 6.07) is 9.02. The van der Waals surface area contributed by atoms with Crippen molar-refractivity contribution in [3.63, 3.8) is 0 Å². The molecule has 0 saturated carbocycles. The molecule has 0 fully saturated rings. The Hall–Kier alpha value is -1.57. The minimum absolute atomic E-state index is 0.245. The van der Waals surface area contributed by atoms with E-state index in [1.165, 1.54) is 25.0 Å². The summed E-state index contributed by atoms with van der Waals surface area (Å²) < 4.78 is 0. The van der Waals surface area contributed by atoms with E-state index in [1.807, 2.05) is 33.9 Å². The lowest BCUT2D eigenvalue weighted by atomic mass is 9.65. The maximum absolute atomic E-state index is 4.15. The van der Waals surface area contributed by atoms with Gasteiger partial charge in [-0.05, 0) is 48.1 Å². The van der Waals surface area contributed by atoms with Crippen LogP contribution < -0.4 is 0 Å². The summed E-state index contributed by atoms with van der Waals surface area (Å²) in [5.41, 5.74) is 4.60. The monoisotopic (exact) mass is 314 g/mol. The second kappa shape index (κ2) is 9.54. The molecule has 1 N–H and O–H groups in total. The molecule has 128 valence electrons. The van der Waals surface area contributed by atoms with Crippen molar-refractivity contribution in [2.45, 2.75) is 78.6 Å².